The van der Waals surface area contributed by atoms with Gasteiger partial charge in [-0.1, -0.05) is 11.6 Å². The molecule has 0 aliphatic carbocycles. The monoisotopic (exact) mass is 171 g/mol. The van der Waals surface area contributed by atoms with Crippen LogP contribution in [0.15, 0.2) is 23.2 Å². The van der Waals surface area contributed by atoms with Gasteiger partial charge in [-0.15, -0.1) is 0 Å². The van der Waals surface area contributed by atoms with Crippen LogP contribution < -0.4 is 0 Å². The fourth-order valence-corrected chi connectivity index (χ4v) is 0.831. The lowest BCUT2D eigenvalue weighted by Crippen LogP contribution is -1.72. The summed E-state index contributed by atoms with van der Waals surface area (Å²) in [6.45, 7) is 0. The van der Waals surface area contributed by atoms with Crippen molar-refractivity contribution < 1.29 is 9.18 Å². The lowest BCUT2D eigenvalue weighted by molar-refractivity contribution is 0.565. The van der Waals surface area contributed by atoms with E-state index >= 15 is 0 Å². The molecule has 0 radical (unpaired) electrons. The van der Waals surface area contributed by atoms with Crippen molar-refractivity contribution in [2.24, 2.45) is 4.99 Å². The van der Waals surface area contributed by atoms with Crippen molar-refractivity contribution in [1.82, 2.24) is 0 Å². The maximum Gasteiger partial charge on any atom is 0.240 e. The van der Waals surface area contributed by atoms with Gasteiger partial charge in [0.1, 0.15) is 5.82 Å². The van der Waals surface area contributed by atoms with E-state index < -0.39 is 5.82 Å². The Morgan fingerprint density at radius 3 is 2.82 bits per heavy atom. The zero-order chi connectivity index (χ0) is 8.27. The van der Waals surface area contributed by atoms with Gasteiger partial charge in [0.15, 0.2) is 0 Å². The molecular formula is C7H3ClFNO. The number of isocyanates is 1. The average Bonchev–Trinajstić information content (AvgIpc) is 1.95. The summed E-state index contributed by atoms with van der Waals surface area (Å²) in [7, 11) is 0. The van der Waals surface area contributed by atoms with E-state index in [0.29, 0.717) is 0 Å². The van der Waals surface area contributed by atoms with E-state index in [1.807, 2.05) is 0 Å². The molecule has 56 valence electrons. The van der Waals surface area contributed by atoms with Gasteiger partial charge in [-0.25, -0.2) is 9.18 Å². The summed E-state index contributed by atoms with van der Waals surface area (Å²) in [5.41, 5.74) is 0.225. The van der Waals surface area contributed by atoms with E-state index in [-0.39, 0.29) is 10.7 Å². The minimum Gasteiger partial charge on any atom is -0.211 e. The van der Waals surface area contributed by atoms with Crippen LogP contribution in [0.2, 0.25) is 5.02 Å². The van der Waals surface area contributed by atoms with Gasteiger partial charge in [-0.2, -0.15) is 4.99 Å². The van der Waals surface area contributed by atoms with E-state index in [4.69, 9.17) is 11.6 Å². The highest BCUT2D eigenvalue weighted by Gasteiger charge is 1.98. The third kappa shape index (κ3) is 1.87. The van der Waals surface area contributed by atoms with Crippen LogP contribution in [0.1, 0.15) is 0 Å². The van der Waals surface area contributed by atoms with Crippen molar-refractivity contribution in [1.29, 1.82) is 0 Å². The first-order valence-corrected chi connectivity index (χ1v) is 3.15. The molecule has 0 N–H and O–H groups in total. The van der Waals surface area contributed by atoms with Crippen LogP contribution in [0, 0.1) is 5.82 Å². The number of hydrogen-bond acceptors (Lipinski definition) is 2. The molecular weight excluding hydrogens is 169 g/mol. The van der Waals surface area contributed by atoms with Gasteiger partial charge in [0, 0.05) is 0 Å². The summed E-state index contributed by atoms with van der Waals surface area (Å²) in [4.78, 5) is 13.0. The van der Waals surface area contributed by atoms with Crippen molar-refractivity contribution >= 4 is 23.4 Å². The van der Waals surface area contributed by atoms with E-state index in [0.717, 1.165) is 6.07 Å². The van der Waals surface area contributed by atoms with Crippen molar-refractivity contribution in [2.75, 3.05) is 0 Å². The quantitative estimate of drug-likeness (QED) is 0.471. The smallest absolute Gasteiger partial charge is 0.211 e. The fraction of sp³-hybridized carbons (Fsp3) is 0. The molecule has 0 saturated carbocycles. The zero-order valence-electron chi connectivity index (χ0n) is 5.34. The van der Waals surface area contributed by atoms with Gasteiger partial charge in [0.05, 0.1) is 10.7 Å². The molecule has 4 heteroatoms. The maximum absolute atomic E-state index is 12.4. The number of hydrogen-bond donors (Lipinski definition) is 0. The Morgan fingerprint density at radius 2 is 2.27 bits per heavy atom. The molecule has 0 aliphatic rings. The summed E-state index contributed by atoms with van der Waals surface area (Å²) in [5.74, 6) is -0.458. The van der Waals surface area contributed by atoms with Crippen LogP contribution in [-0.2, 0) is 4.79 Å². The minimum absolute atomic E-state index is 0.105. The molecule has 0 spiro atoms. The second kappa shape index (κ2) is 3.28. The van der Waals surface area contributed by atoms with Crippen molar-refractivity contribution in [3.63, 3.8) is 0 Å². The number of benzene rings is 1. The third-order valence-electron chi connectivity index (χ3n) is 1.08. The van der Waals surface area contributed by atoms with Crippen LogP contribution >= 0.6 is 11.6 Å². The Bertz CT molecular complexity index is 320. The van der Waals surface area contributed by atoms with Crippen molar-refractivity contribution in [3.05, 3.63) is 29.0 Å². The Morgan fingerprint density at radius 1 is 1.55 bits per heavy atom. The Labute approximate surface area is 67.3 Å². The second-order valence-electron chi connectivity index (χ2n) is 1.80. The molecule has 1 aromatic rings. The molecule has 0 bridgehead atoms. The predicted molar refractivity (Wildman–Crippen MR) is 39.2 cm³/mol. The highest BCUT2D eigenvalue weighted by Crippen LogP contribution is 2.24. The molecule has 0 aliphatic heterocycles. The minimum atomic E-state index is -0.458. The van der Waals surface area contributed by atoms with Crippen molar-refractivity contribution in [3.8, 4) is 0 Å². The number of rotatable bonds is 1. The third-order valence-corrected chi connectivity index (χ3v) is 1.38. The highest BCUT2D eigenvalue weighted by molar-refractivity contribution is 6.33. The van der Waals surface area contributed by atoms with E-state index in [9.17, 15) is 9.18 Å². The number of carbonyl (C=O) groups excluding carboxylic acids is 1. The van der Waals surface area contributed by atoms with Crippen LogP contribution in [0.5, 0.6) is 0 Å². The number of aliphatic imine (C=N–C) groups is 1. The van der Waals surface area contributed by atoms with Gasteiger partial charge >= 0.3 is 0 Å². The molecule has 0 heterocycles. The van der Waals surface area contributed by atoms with Gasteiger partial charge in [0.2, 0.25) is 6.08 Å². The topological polar surface area (TPSA) is 29.4 Å². The molecule has 0 amide bonds. The van der Waals surface area contributed by atoms with E-state index in [1.54, 1.807) is 0 Å². The predicted octanol–water partition coefficient (Wildman–Crippen LogP) is 2.45. The second-order valence-corrected chi connectivity index (χ2v) is 2.21. The Hall–Kier alpha value is -1.18. The first-order chi connectivity index (χ1) is 5.24. The first kappa shape index (κ1) is 7.92. The van der Waals surface area contributed by atoms with Crippen LogP contribution in [0.25, 0.3) is 0 Å². The molecule has 2 nitrogen and oxygen atoms in total. The Balaban J connectivity index is 3.19. The highest BCUT2D eigenvalue weighted by atomic mass is 35.5. The van der Waals surface area contributed by atoms with E-state index in [1.165, 1.54) is 18.2 Å². The molecule has 0 saturated heterocycles. The van der Waals surface area contributed by atoms with Gasteiger partial charge in [0.25, 0.3) is 0 Å². The fourth-order valence-electron chi connectivity index (χ4n) is 0.621. The maximum atomic E-state index is 12.4. The lowest BCUT2D eigenvalue weighted by Gasteiger charge is -1.93. The zero-order valence-corrected chi connectivity index (χ0v) is 6.10. The van der Waals surface area contributed by atoms with Gasteiger partial charge in [-0.05, 0) is 18.2 Å². The molecule has 1 rings (SSSR count). The normalized spacial score (nSPS) is 8.91. The summed E-state index contributed by atoms with van der Waals surface area (Å²) in [5, 5.41) is 0.105. The lowest BCUT2D eigenvalue weighted by atomic mass is 10.3. The first-order valence-electron chi connectivity index (χ1n) is 2.77. The molecule has 0 atom stereocenters. The summed E-state index contributed by atoms with van der Waals surface area (Å²) in [6.07, 6.45) is 1.31. The summed E-state index contributed by atoms with van der Waals surface area (Å²) >= 11 is 5.50. The van der Waals surface area contributed by atoms with Crippen LogP contribution in [0.4, 0.5) is 10.1 Å². The number of halogens is 2. The molecule has 0 aromatic heterocycles. The van der Waals surface area contributed by atoms with Crippen molar-refractivity contribution in [2.45, 2.75) is 0 Å². The van der Waals surface area contributed by atoms with Gasteiger partial charge in [-0.3, -0.25) is 0 Å². The summed E-state index contributed by atoms with van der Waals surface area (Å²) < 4.78 is 12.4. The standard InChI is InChI=1S/C7H3ClFNO/c8-6-3-5(9)1-2-7(6)10-4-11/h1-3H. The number of nitrogens with zero attached hydrogens (tertiary/aromatic N) is 1. The van der Waals surface area contributed by atoms with E-state index in [2.05, 4.69) is 4.99 Å². The SMILES string of the molecule is O=C=Nc1ccc(F)cc1Cl. The van der Waals surface area contributed by atoms with Crippen LogP contribution in [-0.4, -0.2) is 6.08 Å². The molecule has 0 unspecified atom stereocenters. The Kier molecular flexibility index (Phi) is 2.36. The van der Waals surface area contributed by atoms with Gasteiger partial charge < -0.3 is 0 Å². The summed E-state index contributed by atoms with van der Waals surface area (Å²) in [6, 6.07) is 3.56. The molecule has 1 aromatic carbocycles. The molecule has 11 heavy (non-hydrogen) atoms. The largest absolute Gasteiger partial charge is 0.240 e. The average molecular weight is 172 g/mol. The van der Waals surface area contributed by atoms with Crippen LogP contribution in [0.3, 0.4) is 0 Å². The molecule has 0 fully saturated rings.